The second kappa shape index (κ2) is 6.95. The molecule has 14 heavy (non-hydrogen) atoms. The summed E-state index contributed by atoms with van der Waals surface area (Å²) in [7, 11) is 4.74. The van der Waals surface area contributed by atoms with Crippen molar-refractivity contribution in [2.45, 2.75) is 24.9 Å². The molecule has 1 rings (SSSR count). The van der Waals surface area contributed by atoms with E-state index in [2.05, 4.69) is 13.2 Å². The molecule has 0 aromatic carbocycles. The lowest BCUT2D eigenvalue weighted by Crippen LogP contribution is -2.52. The summed E-state index contributed by atoms with van der Waals surface area (Å²) in [6.45, 7) is 6.65. The van der Waals surface area contributed by atoms with Gasteiger partial charge in [-0.3, -0.25) is 0 Å². The number of hydrogen-bond acceptors (Lipinski definition) is 4. The highest BCUT2D eigenvalue weighted by Crippen LogP contribution is 2.28. The van der Waals surface area contributed by atoms with Gasteiger partial charge in [0, 0.05) is 21.3 Å². The van der Waals surface area contributed by atoms with Crippen LogP contribution in [-0.4, -0.2) is 40.0 Å². The van der Waals surface area contributed by atoms with Crippen LogP contribution >= 0.6 is 0 Å². The summed E-state index contributed by atoms with van der Waals surface area (Å²) >= 11 is 0. The molecule has 0 radical (unpaired) electrons. The van der Waals surface area contributed by atoms with Crippen molar-refractivity contribution in [2.75, 3.05) is 27.9 Å². The Labute approximate surface area is 85.8 Å². The molecule has 4 heteroatoms. The van der Waals surface area contributed by atoms with Crippen LogP contribution in [0.4, 0.5) is 0 Å². The van der Waals surface area contributed by atoms with Crippen molar-refractivity contribution in [3.63, 3.8) is 0 Å². The van der Waals surface area contributed by atoms with E-state index in [1.54, 1.807) is 21.3 Å². The summed E-state index contributed by atoms with van der Waals surface area (Å²) in [4.78, 5) is 0. The minimum absolute atomic E-state index is 0.138. The van der Waals surface area contributed by atoms with Crippen LogP contribution in [0.3, 0.4) is 0 Å². The third kappa shape index (κ3) is 2.78. The maximum Gasteiger partial charge on any atom is 0.310 e. The minimum Gasteiger partial charge on any atom is -0.373 e. The van der Waals surface area contributed by atoms with Crippen LogP contribution in [0.5, 0.6) is 0 Å². The van der Waals surface area contributed by atoms with E-state index < -0.39 is 5.97 Å². The van der Waals surface area contributed by atoms with Gasteiger partial charge in [0.1, 0.15) is 6.10 Å². The molecular weight excluding hydrogens is 184 g/mol. The quantitative estimate of drug-likeness (QED) is 0.516. The first-order chi connectivity index (χ1) is 6.79. The maximum absolute atomic E-state index is 5.40. The number of ether oxygens (including phenoxy) is 4. The average molecular weight is 204 g/mol. The molecule has 1 aliphatic rings. The molecule has 1 fully saturated rings. The van der Waals surface area contributed by atoms with Crippen molar-refractivity contribution in [1.82, 2.24) is 0 Å². The van der Waals surface area contributed by atoms with E-state index in [-0.39, 0.29) is 6.10 Å². The molecule has 1 heterocycles. The van der Waals surface area contributed by atoms with Gasteiger partial charge >= 0.3 is 5.97 Å². The Kier molecular flexibility index (Phi) is 6.74. The zero-order valence-corrected chi connectivity index (χ0v) is 9.25. The predicted molar refractivity (Wildman–Crippen MR) is 54.0 cm³/mol. The molecule has 0 aromatic heterocycles. The Balaban J connectivity index is 0.000000791. The van der Waals surface area contributed by atoms with E-state index in [1.807, 2.05) is 0 Å². The molecule has 1 atom stereocenters. The van der Waals surface area contributed by atoms with Crippen molar-refractivity contribution >= 4 is 0 Å². The van der Waals surface area contributed by atoms with Gasteiger partial charge in [0.15, 0.2) is 0 Å². The highest BCUT2D eigenvalue weighted by molar-refractivity contribution is 4.75. The lowest BCUT2D eigenvalue weighted by molar-refractivity contribution is -0.411. The van der Waals surface area contributed by atoms with E-state index >= 15 is 0 Å². The number of methoxy groups -OCH3 is 3. The first kappa shape index (κ1) is 13.6. The summed E-state index contributed by atoms with van der Waals surface area (Å²) in [5, 5.41) is 0. The molecule has 84 valence electrons. The van der Waals surface area contributed by atoms with Gasteiger partial charge in [-0.2, -0.15) is 0 Å². The van der Waals surface area contributed by atoms with E-state index in [1.165, 1.54) is 0 Å². The van der Waals surface area contributed by atoms with Crippen LogP contribution in [-0.2, 0) is 18.9 Å². The molecule has 0 bridgehead atoms. The summed E-state index contributed by atoms with van der Waals surface area (Å²) < 4.78 is 20.9. The fraction of sp³-hybridized carbons (Fsp3) is 0.800. The summed E-state index contributed by atoms with van der Waals surface area (Å²) in [6, 6.07) is 0. The largest absolute Gasteiger partial charge is 0.373 e. The van der Waals surface area contributed by atoms with Gasteiger partial charge in [-0.1, -0.05) is 0 Å². The van der Waals surface area contributed by atoms with Crippen LogP contribution in [0, 0.1) is 0 Å². The summed E-state index contributed by atoms with van der Waals surface area (Å²) in [5.74, 6) is -0.993. The molecule has 0 aliphatic carbocycles. The van der Waals surface area contributed by atoms with E-state index in [9.17, 15) is 0 Å². The van der Waals surface area contributed by atoms with Gasteiger partial charge in [-0.05, 0) is 12.8 Å². The highest BCUT2D eigenvalue weighted by atomic mass is 16.9. The normalized spacial score (nSPS) is 24.9. The molecule has 4 nitrogen and oxygen atoms in total. The number of rotatable bonds is 3. The first-order valence-electron chi connectivity index (χ1n) is 4.56. The monoisotopic (exact) mass is 204 g/mol. The fourth-order valence-corrected chi connectivity index (χ4v) is 1.48. The molecule has 0 amide bonds. The Morgan fingerprint density at radius 1 is 1.21 bits per heavy atom. The second-order valence-electron chi connectivity index (χ2n) is 2.73. The maximum atomic E-state index is 5.40. The molecule has 0 saturated carbocycles. The van der Waals surface area contributed by atoms with E-state index in [0.29, 0.717) is 6.61 Å². The average Bonchev–Trinajstić information content (AvgIpc) is 2.31. The Morgan fingerprint density at radius 2 is 1.79 bits per heavy atom. The smallest absolute Gasteiger partial charge is 0.310 e. The van der Waals surface area contributed by atoms with Crippen molar-refractivity contribution in [3.8, 4) is 0 Å². The van der Waals surface area contributed by atoms with Gasteiger partial charge in [-0.25, -0.2) is 0 Å². The lowest BCUT2D eigenvalue weighted by Gasteiger charge is -2.39. The van der Waals surface area contributed by atoms with Crippen LogP contribution < -0.4 is 0 Å². The molecule has 0 aromatic rings. The fourth-order valence-electron chi connectivity index (χ4n) is 1.48. The Morgan fingerprint density at radius 3 is 2.14 bits per heavy atom. The first-order valence-corrected chi connectivity index (χ1v) is 4.56. The van der Waals surface area contributed by atoms with Crippen LogP contribution in [0.1, 0.15) is 12.8 Å². The zero-order valence-electron chi connectivity index (χ0n) is 9.25. The molecule has 1 aliphatic heterocycles. The number of hydrogen-bond donors (Lipinski definition) is 0. The Hall–Kier alpha value is -0.420. The van der Waals surface area contributed by atoms with Gasteiger partial charge in [0.25, 0.3) is 0 Å². The third-order valence-electron chi connectivity index (χ3n) is 2.16. The van der Waals surface area contributed by atoms with Crippen molar-refractivity contribution in [2.24, 2.45) is 0 Å². The zero-order chi connectivity index (χ0) is 11.0. The second-order valence-corrected chi connectivity index (χ2v) is 2.73. The molecular formula is C10H20O4. The predicted octanol–water partition coefficient (Wildman–Crippen LogP) is 1.56. The van der Waals surface area contributed by atoms with Gasteiger partial charge < -0.3 is 18.9 Å². The molecule has 0 spiro atoms. The topological polar surface area (TPSA) is 36.9 Å². The van der Waals surface area contributed by atoms with Crippen LogP contribution in [0.25, 0.3) is 0 Å². The van der Waals surface area contributed by atoms with Crippen LogP contribution in [0.2, 0.25) is 0 Å². The SMILES string of the molecule is C=C.COC1CCCOC1(OC)OC. The van der Waals surface area contributed by atoms with Crippen molar-refractivity contribution in [1.29, 1.82) is 0 Å². The summed E-state index contributed by atoms with van der Waals surface area (Å²) in [5.41, 5.74) is 0. The van der Waals surface area contributed by atoms with Gasteiger partial charge in [-0.15, -0.1) is 13.2 Å². The van der Waals surface area contributed by atoms with Crippen LogP contribution in [0.15, 0.2) is 13.2 Å². The highest BCUT2D eigenvalue weighted by Gasteiger charge is 2.43. The third-order valence-corrected chi connectivity index (χ3v) is 2.16. The van der Waals surface area contributed by atoms with Gasteiger partial charge in [0.05, 0.1) is 6.61 Å². The van der Waals surface area contributed by atoms with E-state index in [0.717, 1.165) is 12.8 Å². The molecule has 1 saturated heterocycles. The molecule has 0 N–H and O–H groups in total. The van der Waals surface area contributed by atoms with Crippen molar-refractivity contribution < 1.29 is 18.9 Å². The standard InChI is InChI=1S/C8H16O4.C2H4/c1-9-7-5-4-6-12-8(7,10-2)11-3;1-2/h7H,4-6H2,1-3H3;1-2H2. The lowest BCUT2D eigenvalue weighted by atomic mass is 10.1. The minimum atomic E-state index is -0.993. The van der Waals surface area contributed by atoms with Crippen molar-refractivity contribution in [3.05, 3.63) is 13.2 Å². The van der Waals surface area contributed by atoms with Gasteiger partial charge in [0.2, 0.25) is 0 Å². The van der Waals surface area contributed by atoms with E-state index in [4.69, 9.17) is 18.9 Å². The summed E-state index contributed by atoms with van der Waals surface area (Å²) in [6.07, 6.45) is 1.74. The molecule has 1 unspecified atom stereocenters. The Bertz CT molecular complexity index is 145.